The number of unbranched alkanes of at least 4 members (excludes halogenated alkanes) is 17. The van der Waals surface area contributed by atoms with Gasteiger partial charge >= 0.3 is 19.8 Å². The Morgan fingerprint density at radius 1 is 0.380 bits per heavy atom. The molecule has 0 radical (unpaired) electrons. The van der Waals surface area contributed by atoms with E-state index in [9.17, 15) is 19.0 Å². The van der Waals surface area contributed by atoms with Crippen LogP contribution in [0.1, 0.15) is 232 Å². The van der Waals surface area contributed by atoms with Gasteiger partial charge in [-0.3, -0.25) is 18.6 Å². The molecule has 0 spiro atoms. The fraction of sp³-hybridized carbons (Fsp3) is 0.594. The van der Waals surface area contributed by atoms with Crippen molar-refractivity contribution in [1.82, 2.24) is 0 Å². The Hall–Kier alpha value is -4.37. The minimum Gasteiger partial charge on any atom is -0.462 e. The van der Waals surface area contributed by atoms with Crippen LogP contribution >= 0.6 is 7.82 Å². The van der Waals surface area contributed by atoms with Crippen LogP contribution in [0.3, 0.4) is 0 Å². The second-order valence-corrected chi connectivity index (χ2v) is 21.3. The average molecular weight is 1110 g/mol. The molecule has 0 rings (SSSR count). The molecule has 0 fully saturated rings. The summed E-state index contributed by atoms with van der Waals surface area (Å²) in [6, 6.07) is 0. The molecule has 10 heteroatoms. The summed E-state index contributed by atoms with van der Waals surface area (Å²) < 4.78 is 33.0. The lowest BCUT2D eigenvalue weighted by Crippen LogP contribution is -2.29. The largest absolute Gasteiger partial charge is 0.472 e. The molecule has 0 aromatic rings. The maximum Gasteiger partial charge on any atom is 0.472 e. The van der Waals surface area contributed by atoms with Crippen molar-refractivity contribution < 1.29 is 37.6 Å². The van der Waals surface area contributed by atoms with Crippen molar-refractivity contribution in [2.45, 2.75) is 238 Å². The van der Waals surface area contributed by atoms with Crippen LogP contribution in [0, 0.1) is 0 Å². The maximum absolute atomic E-state index is 12.7. The van der Waals surface area contributed by atoms with Crippen molar-refractivity contribution in [3.05, 3.63) is 158 Å². The van der Waals surface area contributed by atoms with Crippen molar-refractivity contribution in [1.29, 1.82) is 0 Å². The highest BCUT2D eigenvalue weighted by Gasteiger charge is 2.26. The van der Waals surface area contributed by atoms with Crippen LogP contribution < -0.4 is 5.73 Å². The van der Waals surface area contributed by atoms with E-state index in [1.54, 1.807) is 0 Å². The predicted molar refractivity (Wildman–Crippen MR) is 339 cm³/mol. The van der Waals surface area contributed by atoms with Crippen molar-refractivity contribution in [3.8, 4) is 0 Å². The summed E-state index contributed by atoms with van der Waals surface area (Å²) >= 11 is 0. The summed E-state index contributed by atoms with van der Waals surface area (Å²) in [5.41, 5.74) is 5.38. The second-order valence-electron chi connectivity index (χ2n) is 19.8. The summed E-state index contributed by atoms with van der Waals surface area (Å²) in [7, 11) is -4.41. The number of esters is 2. The second kappa shape index (κ2) is 62.8. The molecule has 0 amide bonds. The van der Waals surface area contributed by atoms with E-state index in [1.807, 2.05) is 0 Å². The summed E-state index contributed by atoms with van der Waals surface area (Å²) in [6.45, 7) is 3.45. The Kier molecular flexibility index (Phi) is 59.3. The zero-order chi connectivity index (χ0) is 57.3. The van der Waals surface area contributed by atoms with Gasteiger partial charge in [-0.2, -0.15) is 0 Å². The number of hydrogen-bond acceptors (Lipinski definition) is 8. The lowest BCUT2D eigenvalue weighted by atomic mass is 10.0. The minimum absolute atomic E-state index is 0.0397. The zero-order valence-corrected chi connectivity index (χ0v) is 50.7. The maximum atomic E-state index is 12.7. The van der Waals surface area contributed by atoms with Crippen LogP contribution in [0.25, 0.3) is 0 Å². The third-order valence-corrected chi connectivity index (χ3v) is 13.4. The number of carbonyl (C=O) groups is 2. The normalized spacial score (nSPS) is 14.1. The zero-order valence-electron chi connectivity index (χ0n) is 49.8. The van der Waals surface area contributed by atoms with Gasteiger partial charge < -0.3 is 20.1 Å². The molecule has 0 bridgehead atoms. The summed E-state index contributed by atoms with van der Waals surface area (Å²) in [5.74, 6) is -0.887. The van der Waals surface area contributed by atoms with Gasteiger partial charge in [0.2, 0.25) is 0 Å². The Labute approximate surface area is 483 Å². The van der Waals surface area contributed by atoms with Crippen LogP contribution in [0.2, 0.25) is 0 Å². The lowest BCUT2D eigenvalue weighted by molar-refractivity contribution is -0.161. The Morgan fingerprint density at radius 3 is 1.00 bits per heavy atom. The van der Waals surface area contributed by atoms with Crippen molar-refractivity contribution >= 4 is 19.8 Å². The predicted octanol–water partition coefficient (Wildman–Crippen LogP) is 20.1. The summed E-state index contributed by atoms with van der Waals surface area (Å²) in [5, 5.41) is 0. The van der Waals surface area contributed by atoms with E-state index in [0.717, 1.165) is 116 Å². The molecular formula is C69H112NO8P. The van der Waals surface area contributed by atoms with E-state index in [2.05, 4.69) is 172 Å². The first kappa shape index (κ1) is 74.6. The molecule has 3 N–H and O–H groups in total. The van der Waals surface area contributed by atoms with Crippen LogP contribution in [-0.4, -0.2) is 49.3 Å². The van der Waals surface area contributed by atoms with Crippen LogP contribution in [0.15, 0.2) is 158 Å². The van der Waals surface area contributed by atoms with Gasteiger partial charge in [0.1, 0.15) is 6.61 Å². The topological polar surface area (TPSA) is 134 Å². The smallest absolute Gasteiger partial charge is 0.462 e. The first-order chi connectivity index (χ1) is 38.8. The lowest BCUT2D eigenvalue weighted by Gasteiger charge is -2.19. The Bertz CT molecular complexity index is 1850. The number of rotatable bonds is 56. The van der Waals surface area contributed by atoms with E-state index in [4.69, 9.17) is 24.3 Å². The van der Waals surface area contributed by atoms with Crippen LogP contribution in [0.4, 0.5) is 0 Å². The van der Waals surface area contributed by atoms with Crippen LogP contribution in [0.5, 0.6) is 0 Å². The number of hydrogen-bond donors (Lipinski definition) is 2. The number of allylic oxidation sites excluding steroid dienone is 26. The number of ether oxygens (including phenoxy) is 2. The Balaban J connectivity index is 3.99. The molecule has 0 aliphatic heterocycles. The first-order valence-corrected chi connectivity index (χ1v) is 32.5. The van der Waals surface area contributed by atoms with E-state index < -0.39 is 32.5 Å². The molecule has 0 aliphatic rings. The van der Waals surface area contributed by atoms with E-state index in [-0.39, 0.29) is 32.6 Å². The van der Waals surface area contributed by atoms with Gasteiger partial charge in [-0.1, -0.05) is 255 Å². The molecule has 0 aromatic carbocycles. The monoisotopic (exact) mass is 1110 g/mol. The highest BCUT2D eigenvalue weighted by atomic mass is 31.2. The van der Waals surface area contributed by atoms with Gasteiger partial charge in [-0.05, 0) is 122 Å². The molecule has 0 saturated carbocycles. The molecular weight excluding hydrogens is 1000 g/mol. The fourth-order valence-electron chi connectivity index (χ4n) is 7.91. The number of phosphoric acid groups is 1. The summed E-state index contributed by atoms with van der Waals surface area (Å²) in [6.07, 6.45) is 91.7. The SMILES string of the molecule is CC/C=C\C/C=C\C/C=C\C/C=C\C/C=C\C/C=C\C/C=C\CCCCCCCCCCCCCCCCCC(=O)OC(COC(=O)CCCC/C=C\C/C=C\C/C=C\C/C=C\C/C=C\C/C=C\CC)COP(=O)(O)OCCN. The highest BCUT2D eigenvalue weighted by molar-refractivity contribution is 7.47. The molecule has 9 nitrogen and oxygen atoms in total. The van der Waals surface area contributed by atoms with Crippen molar-refractivity contribution in [2.24, 2.45) is 5.73 Å². The fourth-order valence-corrected chi connectivity index (χ4v) is 8.68. The molecule has 2 atom stereocenters. The molecule has 0 saturated heterocycles. The van der Waals surface area contributed by atoms with E-state index in [1.165, 1.54) is 77.0 Å². The van der Waals surface area contributed by atoms with Gasteiger partial charge in [0, 0.05) is 19.4 Å². The Morgan fingerprint density at radius 2 is 0.658 bits per heavy atom. The van der Waals surface area contributed by atoms with E-state index in [0.29, 0.717) is 12.8 Å². The van der Waals surface area contributed by atoms with Crippen LogP contribution in [-0.2, 0) is 32.7 Å². The minimum atomic E-state index is -4.41. The third kappa shape index (κ3) is 62.7. The number of nitrogens with two attached hydrogens (primary N) is 1. The summed E-state index contributed by atoms with van der Waals surface area (Å²) in [4.78, 5) is 35.2. The molecule has 79 heavy (non-hydrogen) atoms. The molecule has 0 heterocycles. The highest BCUT2D eigenvalue weighted by Crippen LogP contribution is 2.43. The number of carbonyl (C=O) groups excluding carboxylic acids is 2. The molecule has 0 aliphatic carbocycles. The third-order valence-electron chi connectivity index (χ3n) is 12.4. The molecule has 446 valence electrons. The first-order valence-electron chi connectivity index (χ1n) is 31.0. The average Bonchev–Trinajstić information content (AvgIpc) is 3.44. The van der Waals surface area contributed by atoms with Gasteiger partial charge in [-0.15, -0.1) is 0 Å². The van der Waals surface area contributed by atoms with Gasteiger partial charge in [-0.25, -0.2) is 4.57 Å². The standard InChI is InChI=1S/C69H112NO8P/c1-3-5-7-9-11-13-15-17-19-21-23-25-26-27-28-29-30-31-32-33-34-35-36-37-38-39-40-42-44-46-48-50-52-54-56-58-60-62-69(72)78-67(66-77-79(73,74)76-64-63-70)65-75-68(71)61-59-57-55-53-51-49-47-45-43-41-24-22-20-18-16-14-12-10-8-6-4-2/h5-8,11-14,17-20,23-25,27-28,30-31,33-34,41,45,47,51,53,67H,3-4,9-10,15-16,21-22,26,29,32,35-40,42-44,46,48-50,52,54-66,70H2,1-2H3,(H,73,74)/b7-5-,8-6-,13-11-,14-12-,19-17-,20-18-,25-23-,28-27-,31-30-,34-33-,41-24-,47-45-,53-51-. The molecule has 0 aromatic heterocycles. The van der Waals surface area contributed by atoms with Crippen molar-refractivity contribution in [2.75, 3.05) is 26.4 Å². The van der Waals surface area contributed by atoms with Gasteiger partial charge in [0.05, 0.1) is 13.2 Å². The molecule has 2 unspecified atom stereocenters. The quantitative estimate of drug-likeness (QED) is 0.0264. The number of phosphoric ester groups is 1. The van der Waals surface area contributed by atoms with E-state index >= 15 is 0 Å². The van der Waals surface area contributed by atoms with Gasteiger partial charge in [0.15, 0.2) is 6.10 Å². The van der Waals surface area contributed by atoms with Gasteiger partial charge in [0.25, 0.3) is 0 Å². The van der Waals surface area contributed by atoms with Crippen molar-refractivity contribution in [3.63, 3.8) is 0 Å².